The summed E-state index contributed by atoms with van der Waals surface area (Å²) in [7, 11) is 0. The highest BCUT2D eigenvalue weighted by Crippen LogP contribution is 2.28. The van der Waals surface area contributed by atoms with Crippen LogP contribution in [0, 0.1) is 19.8 Å². The SMILES string of the molecule is Cc1coc2cc3oc(=O)c(CC(=O)NCC(=O)N[C@H](C(=O)O)C(C)C)c(C)c3cc12. The maximum absolute atomic E-state index is 12.4. The zero-order valence-corrected chi connectivity index (χ0v) is 17.7. The zero-order valence-electron chi connectivity index (χ0n) is 17.7. The molecule has 0 spiro atoms. The highest BCUT2D eigenvalue weighted by molar-refractivity contribution is 5.97. The van der Waals surface area contributed by atoms with Gasteiger partial charge in [-0.3, -0.25) is 9.59 Å². The molecule has 0 saturated carbocycles. The molecule has 9 nitrogen and oxygen atoms in total. The van der Waals surface area contributed by atoms with Gasteiger partial charge in [0, 0.05) is 16.8 Å². The van der Waals surface area contributed by atoms with Crippen LogP contribution in [-0.2, 0) is 20.8 Å². The van der Waals surface area contributed by atoms with Gasteiger partial charge in [0.2, 0.25) is 11.8 Å². The minimum absolute atomic E-state index is 0.191. The van der Waals surface area contributed by atoms with Crippen LogP contribution in [0.15, 0.2) is 32.0 Å². The summed E-state index contributed by atoms with van der Waals surface area (Å²) in [6.07, 6.45) is 1.34. The van der Waals surface area contributed by atoms with Crippen molar-refractivity contribution in [3.63, 3.8) is 0 Å². The number of carboxylic acids is 1. The quantitative estimate of drug-likeness (QED) is 0.489. The van der Waals surface area contributed by atoms with Crippen LogP contribution in [0.5, 0.6) is 0 Å². The van der Waals surface area contributed by atoms with E-state index in [1.54, 1.807) is 33.1 Å². The third kappa shape index (κ3) is 4.60. The number of amides is 2. The average Bonchev–Trinajstić information content (AvgIpc) is 3.06. The summed E-state index contributed by atoms with van der Waals surface area (Å²) >= 11 is 0. The smallest absolute Gasteiger partial charge is 0.340 e. The maximum Gasteiger partial charge on any atom is 0.340 e. The van der Waals surface area contributed by atoms with Crippen molar-refractivity contribution in [3.05, 3.63) is 45.5 Å². The fourth-order valence-corrected chi connectivity index (χ4v) is 3.38. The normalized spacial score (nSPS) is 12.3. The second kappa shape index (κ2) is 8.63. The summed E-state index contributed by atoms with van der Waals surface area (Å²) in [5.74, 6) is -2.65. The number of hydrogen-bond acceptors (Lipinski definition) is 6. The van der Waals surface area contributed by atoms with Gasteiger partial charge in [-0.05, 0) is 37.0 Å². The number of carbonyl (C=O) groups is 3. The van der Waals surface area contributed by atoms with E-state index in [-0.39, 0.29) is 17.9 Å². The van der Waals surface area contributed by atoms with E-state index >= 15 is 0 Å². The van der Waals surface area contributed by atoms with Crippen molar-refractivity contribution in [2.75, 3.05) is 6.54 Å². The fraction of sp³-hybridized carbons (Fsp3) is 0.364. The second-order valence-electron chi connectivity index (χ2n) is 7.84. The molecule has 0 saturated heterocycles. The molecule has 3 aromatic rings. The molecule has 0 bridgehead atoms. The molecule has 0 unspecified atom stereocenters. The molecular formula is C22H24N2O7. The fourth-order valence-electron chi connectivity index (χ4n) is 3.38. The standard InChI is InChI=1S/C22H24N2O7/c1-10(2)20(21(27)28)24-19(26)8-23-18(25)6-15-12(4)14-5-13-11(3)9-30-16(13)7-17(14)31-22(15)29/h5,7,9-10,20H,6,8H2,1-4H3,(H,23,25)(H,24,26)(H,27,28)/t20-/m0/s1. The van der Waals surface area contributed by atoms with Crippen molar-refractivity contribution in [2.45, 2.75) is 40.2 Å². The van der Waals surface area contributed by atoms with Crippen LogP contribution < -0.4 is 16.3 Å². The van der Waals surface area contributed by atoms with Crippen LogP contribution in [0.1, 0.15) is 30.5 Å². The molecule has 164 valence electrons. The Labute approximate surface area is 177 Å². The van der Waals surface area contributed by atoms with Crippen molar-refractivity contribution >= 4 is 39.7 Å². The predicted octanol–water partition coefficient (Wildman–Crippen LogP) is 2.04. The average molecular weight is 428 g/mol. The first-order valence-electron chi connectivity index (χ1n) is 9.81. The lowest BCUT2D eigenvalue weighted by Gasteiger charge is -2.18. The third-order valence-electron chi connectivity index (χ3n) is 5.21. The van der Waals surface area contributed by atoms with E-state index in [9.17, 15) is 19.2 Å². The van der Waals surface area contributed by atoms with Gasteiger partial charge in [0.1, 0.15) is 17.2 Å². The van der Waals surface area contributed by atoms with Crippen LogP contribution in [0.4, 0.5) is 0 Å². The highest BCUT2D eigenvalue weighted by Gasteiger charge is 2.23. The molecule has 31 heavy (non-hydrogen) atoms. The molecule has 0 radical (unpaired) electrons. The van der Waals surface area contributed by atoms with E-state index in [4.69, 9.17) is 13.9 Å². The molecule has 9 heteroatoms. The summed E-state index contributed by atoms with van der Waals surface area (Å²) in [4.78, 5) is 47.9. The van der Waals surface area contributed by atoms with E-state index in [0.717, 1.165) is 10.9 Å². The molecule has 3 N–H and O–H groups in total. The van der Waals surface area contributed by atoms with Gasteiger partial charge in [-0.2, -0.15) is 0 Å². The molecular weight excluding hydrogens is 404 g/mol. The van der Waals surface area contributed by atoms with Gasteiger partial charge in [-0.15, -0.1) is 0 Å². The second-order valence-corrected chi connectivity index (χ2v) is 7.84. The number of rotatable bonds is 7. The van der Waals surface area contributed by atoms with Crippen LogP contribution in [0.3, 0.4) is 0 Å². The number of nitrogens with one attached hydrogen (secondary N) is 2. The lowest BCUT2D eigenvalue weighted by atomic mass is 10.0. The molecule has 0 aliphatic carbocycles. The third-order valence-corrected chi connectivity index (χ3v) is 5.21. The summed E-state index contributed by atoms with van der Waals surface area (Å²) in [6, 6.07) is 2.45. The first kappa shape index (κ1) is 22.1. The Kier molecular flexibility index (Phi) is 6.14. The van der Waals surface area contributed by atoms with Crippen LogP contribution in [-0.4, -0.2) is 35.5 Å². The minimum atomic E-state index is -1.15. The molecule has 1 atom stereocenters. The Morgan fingerprint density at radius 2 is 1.77 bits per heavy atom. The van der Waals surface area contributed by atoms with Gasteiger partial charge in [0.25, 0.3) is 0 Å². The Morgan fingerprint density at radius 3 is 2.42 bits per heavy atom. The molecule has 3 rings (SSSR count). The Hall–Kier alpha value is -3.62. The molecule has 1 aromatic carbocycles. The van der Waals surface area contributed by atoms with Gasteiger partial charge in [0.05, 0.1) is 24.8 Å². The van der Waals surface area contributed by atoms with Gasteiger partial charge in [-0.25, -0.2) is 9.59 Å². The van der Waals surface area contributed by atoms with Gasteiger partial charge >= 0.3 is 11.6 Å². The van der Waals surface area contributed by atoms with Crippen LogP contribution in [0.25, 0.3) is 21.9 Å². The molecule has 2 heterocycles. The Balaban J connectivity index is 1.75. The van der Waals surface area contributed by atoms with E-state index in [1.165, 1.54) is 0 Å². The molecule has 0 aliphatic rings. The number of aliphatic carboxylic acids is 1. The minimum Gasteiger partial charge on any atom is -0.480 e. The number of furan rings is 1. The van der Waals surface area contributed by atoms with Crippen molar-refractivity contribution < 1.29 is 28.3 Å². The van der Waals surface area contributed by atoms with Crippen LogP contribution >= 0.6 is 0 Å². The van der Waals surface area contributed by atoms with E-state index in [1.807, 2.05) is 13.0 Å². The number of benzene rings is 1. The Bertz CT molecular complexity index is 1240. The molecule has 0 fully saturated rings. The molecule has 2 aromatic heterocycles. The number of carboxylic acid groups (broad SMARTS) is 1. The maximum atomic E-state index is 12.4. The Morgan fingerprint density at radius 1 is 1.06 bits per heavy atom. The van der Waals surface area contributed by atoms with E-state index in [0.29, 0.717) is 22.1 Å². The van der Waals surface area contributed by atoms with Crippen molar-refractivity contribution in [3.8, 4) is 0 Å². The predicted molar refractivity (Wildman–Crippen MR) is 113 cm³/mol. The van der Waals surface area contributed by atoms with Gasteiger partial charge in [0.15, 0.2) is 0 Å². The number of hydrogen-bond donors (Lipinski definition) is 3. The first-order chi connectivity index (χ1) is 14.6. The van der Waals surface area contributed by atoms with E-state index < -0.39 is 36.0 Å². The van der Waals surface area contributed by atoms with Gasteiger partial charge < -0.3 is 24.6 Å². The van der Waals surface area contributed by atoms with Crippen molar-refractivity contribution in [1.29, 1.82) is 0 Å². The largest absolute Gasteiger partial charge is 0.480 e. The summed E-state index contributed by atoms with van der Waals surface area (Å²) in [6.45, 7) is 6.56. The van der Waals surface area contributed by atoms with Gasteiger partial charge in [-0.1, -0.05) is 13.8 Å². The van der Waals surface area contributed by atoms with Crippen molar-refractivity contribution in [1.82, 2.24) is 10.6 Å². The van der Waals surface area contributed by atoms with Crippen molar-refractivity contribution in [2.24, 2.45) is 5.92 Å². The number of fused-ring (bicyclic) bond motifs is 2. The number of aryl methyl sites for hydroxylation is 2. The summed E-state index contributed by atoms with van der Waals surface area (Å²) in [5, 5.41) is 15.5. The lowest BCUT2D eigenvalue weighted by molar-refractivity contribution is -0.143. The topological polar surface area (TPSA) is 139 Å². The summed E-state index contributed by atoms with van der Waals surface area (Å²) < 4.78 is 10.8. The monoisotopic (exact) mass is 428 g/mol. The zero-order chi connectivity index (χ0) is 22.9. The van der Waals surface area contributed by atoms with E-state index in [2.05, 4.69) is 10.6 Å². The summed E-state index contributed by atoms with van der Waals surface area (Å²) in [5.41, 5.74) is 2.06. The van der Waals surface area contributed by atoms with Crippen LogP contribution in [0.2, 0.25) is 0 Å². The highest BCUT2D eigenvalue weighted by atomic mass is 16.4. The molecule has 0 aliphatic heterocycles. The lowest BCUT2D eigenvalue weighted by Crippen LogP contribution is -2.48. The number of carbonyl (C=O) groups excluding carboxylic acids is 2. The first-order valence-corrected chi connectivity index (χ1v) is 9.81. The molecule has 2 amide bonds.